The van der Waals surface area contributed by atoms with Crippen LogP contribution in [0.1, 0.15) is 6.92 Å². The molecule has 0 saturated carbocycles. The number of carboxylic acids is 2. The molecular weight excluding hydrogens is 272 g/mol. The van der Waals surface area contributed by atoms with Gasteiger partial charge in [-0.3, -0.25) is 0 Å². The number of hydrogen-bond donors (Lipinski definition) is 3. The van der Waals surface area contributed by atoms with Gasteiger partial charge in [0, 0.05) is 0 Å². The van der Waals surface area contributed by atoms with E-state index in [1.165, 1.54) is 6.92 Å². The molecule has 0 amide bonds. The molecule has 8 heteroatoms. The first-order valence-corrected chi connectivity index (χ1v) is 4.32. The molecule has 0 fully saturated rings. The van der Waals surface area contributed by atoms with Crippen LogP contribution in [0.3, 0.4) is 0 Å². The van der Waals surface area contributed by atoms with E-state index in [1.54, 1.807) is 0 Å². The van der Waals surface area contributed by atoms with Gasteiger partial charge >= 0.3 is 37.7 Å². The molecule has 0 atom stereocenters. The number of carbonyl (C=O) groups excluding carboxylic acids is 2. The van der Waals surface area contributed by atoms with Gasteiger partial charge in [0.05, 0.1) is 25.2 Å². The minimum atomic E-state index is -1.23. The Bertz CT molecular complexity index is 237. The average Bonchev–Trinajstić information content (AvgIpc) is 2.29. The Kier molecular flexibility index (Phi) is 27.5. The van der Waals surface area contributed by atoms with E-state index in [0.717, 1.165) is 6.08 Å². The Labute approximate surface area is 135 Å². The molecule has 18 heavy (non-hydrogen) atoms. The van der Waals surface area contributed by atoms with E-state index < -0.39 is 18.0 Å². The summed E-state index contributed by atoms with van der Waals surface area (Å²) in [6, 6.07) is 0. The van der Waals surface area contributed by atoms with Crippen molar-refractivity contribution in [2.24, 2.45) is 0 Å². The molecule has 0 spiro atoms. The number of hydrogen-bond acceptors (Lipinski definition) is 7. The van der Waals surface area contributed by atoms with Gasteiger partial charge in [-0.05, 0) is 18.6 Å². The van der Waals surface area contributed by atoms with Gasteiger partial charge in [0.15, 0.2) is 0 Å². The van der Waals surface area contributed by atoms with Gasteiger partial charge < -0.3 is 35.1 Å². The van der Waals surface area contributed by atoms with Crippen molar-refractivity contribution in [1.29, 1.82) is 0 Å². The predicted octanol–water partition coefficient (Wildman–Crippen LogP) is -3.81. The Morgan fingerprint density at radius 1 is 1.28 bits per heavy atom. The van der Waals surface area contributed by atoms with Gasteiger partial charge in [-0.25, -0.2) is 0 Å². The summed E-state index contributed by atoms with van der Waals surface area (Å²) in [5, 5.41) is 42.6. The molecule has 0 heterocycles. The fourth-order valence-electron chi connectivity index (χ4n) is 0.0577. The first-order valence-electron chi connectivity index (χ1n) is 4.32. The third-order valence-corrected chi connectivity index (χ3v) is 0.937. The SMILES string of the molecule is C=C(C)C(=O)[O-].C=CC(=O)[O-].OCC(O)CO.[Ca+2]. The van der Waals surface area contributed by atoms with Crippen molar-refractivity contribution in [3.63, 3.8) is 0 Å². The van der Waals surface area contributed by atoms with Crippen LogP contribution in [0.5, 0.6) is 0 Å². The second-order valence-electron chi connectivity index (χ2n) is 2.61. The first kappa shape index (κ1) is 26.2. The van der Waals surface area contributed by atoms with Crippen molar-refractivity contribution in [2.75, 3.05) is 13.2 Å². The third kappa shape index (κ3) is 36.1. The summed E-state index contributed by atoms with van der Waals surface area (Å²) < 4.78 is 0. The maximum atomic E-state index is 9.49. The number of aliphatic hydroxyl groups is 3. The molecule has 0 aromatic heterocycles. The van der Waals surface area contributed by atoms with Crippen molar-refractivity contribution < 1.29 is 35.1 Å². The number of aliphatic carboxylic acids is 2. The zero-order chi connectivity index (χ0) is 14.4. The van der Waals surface area contributed by atoms with Crippen LogP contribution in [0.15, 0.2) is 24.8 Å². The molecule has 0 saturated heterocycles. The zero-order valence-corrected chi connectivity index (χ0v) is 12.4. The van der Waals surface area contributed by atoms with Gasteiger partial charge in [0.1, 0.15) is 6.10 Å². The number of carboxylic acid groups (broad SMARTS) is 2. The van der Waals surface area contributed by atoms with Crippen molar-refractivity contribution in [3.8, 4) is 0 Å². The maximum absolute atomic E-state index is 9.49. The van der Waals surface area contributed by atoms with E-state index in [2.05, 4.69) is 13.2 Å². The summed E-state index contributed by atoms with van der Waals surface area (Å²) in [6.07, 6.45) is -0.231. The van der Waals surface area contributed by atoms with Crippen molar-refractivity contribution in [1.82, 2.24) is 0 Å². The first-order chi connectivity index (χ1) is 7.72. The van der Waals surface area contributed by atoms with Crippen LogP contribution in [-0.2, 0) is 9.59 Å². The summed E-state index contributed by atoms with van der Waals surface area (Å²) >= 11 is 0. The van der Waals surface area contributed by atoms with Crippen LogP contribution < -0.4 is 10.2 Å². The Balaban J connectivity index is -0.0000000799. The Hall–Kier alpha value is -0.440. The molecule has 0 aliphatic heterocycles. The Morgan fingerprint density at radius 3 is 1.50 bits per heavy atom. The molecule has 0 aromatic rings. The standard InChI is InChI=1S/C4H6O2.C3H8O3.C3H4O2.Ca/c1-3(2)4(5)6;4-1-3(6)2-5;1-2-3(4)5;/h1H2,2H3,(H,5,6);3-6H,1-2H2;2H,1H2,(H,4,5);/q;;;+2/p-2. The number of aliphatic hydroxyl groups excluding tert-OH is 3. The largest absolute Gasteiger partial charge is 2.00 e. The average molecular weight is 288 g/mol. The molecule has 0 aliphatic carbocycles. The molecule has 3 N–H and O–H groups in total. The molecule has 7 nitrogen and oxygen atoms in total. The van der Waals surface area contributed by atoms with Gasteiger partial charge in [0.25, 0.3) is 0 Å². The minimum Gasteiger partial charge on any atom is -0.545 e. The van der Waals surface area contributed by atoms with Gasteiger partial charge in [-0.1, -0.05) is 13.2 Å². The number of carbonyl (C=O) groups is 2. The summed E-state index contributed by atoms with van der Waals surface area (Å²) in [4.78, 5) is 18.6. The minimum absolute atomic E-state index is 0. The molecule has 0 bridgehead atoms. The fourth-order valence-corrected chi connectivity index (χ4v) is 0.0577. The quantitative estimate of drug-likeness (QED) is 0.355. The van der Waals surface area contributed by atoms with Gasteiger partial charge in [-0.15, -0.1) is 0 Å². The molecule has 0 radical (unpaired) electrons. The molecule has 100 valence electrons. The fraction of sp³-hybridized carbons (Fsp3) is 0.400. The number of rotatable bonds is 4. The monoisotopic (exact) mass is 288 g/mol. The molecule has 0 aliphatic rings. The van der Waals surface area contributed by atoms with E-state index in [-0.39, 0.29) is 56.5 Å². The smallest absolute Gasteiger partial charge is 0.545 e. The van der Waals surface area contributed by atoms with Crippen LogP contribution in [0, 0.1) is 0 Å². The second-order valence-corrected chi connectivity index (χ2v) is 2.61. The molecular formula is C10H16CaO7. The van der Waals surface area contributed by atoms with Gasteiger partial charge in [-0.2, -0.15) is 0 Å². The van der Waals surface area contributed by atoms with Crippen LogP contribution in [0.2, 0.25) is 0 Å². The van der Waals surface area contributed by atoms with Gasteiger partial charge in [0.2, 0.25) is 0 Å². The van der Waals surface area contributed by atoms with Crippen LogP contribution in [0.4, 0.5) is 0 Å². The zero-order valence-electron chi connectivity index (χ0n) is 10.2. The summed E-state index contributed by atoms with van der Waals surface area (Å²) in [7, 11) is 0. The van der Waals surface area contributed by atoms with E-state index in [1.807, 2.05) is 0 Å². The van der Waals surface area contributed by atoms with Crippen molar-refractivity contribution in [3.05, 3.63) is 24.8 Å². The van der Waals surface area contributed by atoms with Crippen LogP contribution in [-0.4, -0.2) is 84.3 Å². The van der Waals surface area contributed by atoms with Crippen LogP contribution >= 0.6 is 0 Å². The summed E-state index contributed by atoms with van der Waals surface area (Å²) in [5.41, 5.74) is 0.0648. The molecule has 0 aromatic carbocycles. The topological polar surface area (TPSA) is 141 Å². The predicted molar refractivity (Wildman–Crippen MR) is 61.0 cm³/mol. The maximum Gasteiger partial charge on any atom is 2.00 e. The normalized spacial score (nSPS) is 7.61. The van der Waals surface area contributed by atoms with Crippen molar-refractivity contribution in [2.45, 2.75) is 13.0 Å². The summed E-state index contributed by atoms with van der Waals surface area (Å²) in [6.45, 7) is 6.65. The second kappa shape index (κ2) is 18.9. The summed E-state index contributed by atoms with van der Waals surface area (Å²) in [5.74, 6) is -2.42. The van der Waals surface area contributed by atoms with Crippen molar-refractivity contribution >= 4 is 49.7 Å². The van der Waals surface area contributed by atoms with E-state index in [9.17, 15) is 9.90 Å². The molecule has 0 rings (SSSR count). The molecule has 0 unspecified atom stereocenters. The van der Waals surface area contributed by atoms with Crippen LogP contribution in [0.25, 0.3) is 0 Å². The van der Waals surface area contributed by atoms with E-state index in [4.69, 9.17) is 25.2 Å². The Morgan fingerprint density at radius 2 is 1.50 bits per heavy atom. The van der Waals surface area contributed by atoms with E-state index >= 15 is 0 Å². The third-order valence-electron chi connectivity index (χ3n) is 0.937. The van der Waals surface area contributed by atoms with E-state index in [0.29, 0.717) is 0 Å².